The molecule has 0 radical (unpaired) electrons. The third kappa shape index (κ3) is 4.25. The fourth-order valence-corrected chi connectivity index (χ4v) is 5.09. The van der Waals surface area contributed by atoms with Crippen LogP contribution in [0.15, 0.2) is 29.5 Å². The van der Waals surface area contributed by atoms with Gasteiger partial charge in [0.15, 0.2) is 5.76 Å². The Labute approximate surface area is 189 Å². The number of aryl methyl sites for hydroxylation is 2. The number of hydrogen-bond donors (Lipinski definition) is 1. The second-order valence-electron chi connectivity index (χ2n) is 7.43. The minimum Gasteiger partial charge on any atom is -0.503 e. The highest BCUT2D eigenvalue weighted by atomic mass is 35.5. The van der Waals surface area contributed by atoms with Crippen LogP contribution < -0.4 is 0 Å². The Morgan fingerprint density at radius 2 is 1.90 bits per heavy atom. The standard InChI is InChI=1S/C21H23Cl2N3O3S/c1-11-20(30-12(2)24-11)18(27)16-17(15-13(22)7-5-8-14(15)23)26(21(29)19(16)28)10-6-9-25(3)4/h5,7-8,17,28H,6,9-10H2,1-4H3. The van der Waals surface area contributed by atoms with Crippen molar-refractivity contribution in [1.29, 1.82) is 0 Å². The number of aliphatic hydroxyl groups excluding tert-OH is 1. The number of hydrogen-bond acceptors (Lipinski definition) is 6. The molecule has 1 aromatic heterocycles. The Morgan fingerprint density at radius 3 is 2.43 bits per heavy atom. The lowest BCUT2D eigenvalue weighted by Crippen LogP contribution is -2.33. The minimum absolute atomic E-state index is 0.00777. The number of thiazole rings is 1. The van der Waals surface area contributed by atoms with Gasteiger partial charge in [-0.3, -0.25) is 9.59 Å². The number of ketones is 1. The average molecular weight is 468 g/mol. The number of carbonyl (C=O) groups is 2. The van der Waals surface area contributed by atoms with Crippen LogP contribution in [0, 0.1) is 13.8 Å². The van der Waals surface area contributed by atoms with E-state index in [4.69, 9.17) is 23.2 Å². The van der Waals surface area contributed by atoms with E-state index in [1.807, 2.05) is 19.0 Å². The summed E-state index contributed by atoms with van der Waals surface area (Å²) in [6.07, 6.45) is 0.657. The van der Waals surface area contributed by atoms with Crippen molar-refractivity contribution in [1.82, 2.24) is 14.8 Å². The summed E-state index contributed by atoms with van der Waals surface area (Å²) in [5, 5.41) is 12.1. The first-order valence-electron chi connectivity index (χ1n) is 9.45. The van der Waals surface area contributed by atoms with Gasteiger partial charge in [-0.25, -0.2) is 4.98 Å². The maximum atomic E-state index is 13.5. The highest BCUT2D eigenvalue weighted by molar-refractivity contribution is 7.14. The summed E-state index contributed by atoms with van der Waals surface area (Å²) in [5.41, 5.74) is 0.988. The number of nitrogens with zero attached hydrogens (tertiary/aromatic N) is 3. The predicted octanol–water partition coefficient (Wildman–Crippen LogP) is 4.60. The zero-order valence-electron chi connectivity index (χ0n) is 17.2. The quantitative estimate of drug-likeness (QED) is 0.602. The minimum atomic E-state index is -0.866. The molecule has 0 fully saturated rings. The lowest BCUT2D eigenvalue weighted by molar-refractivity contribution is -0.129. The van der Waals surface area contributed by atoms with E-state index < -0.39 is 23.5 Å². The molecule has 1 aliphatic rings. The van der Waals surface area contributed by atoms with E-state index in [9.17, 15) is 14.7 Å². The predicted molar refractivity (Wildman–Crippen MR) is 120 cm³/mol. The monoisotopic (exact) mass is 467 g/mol. The van der Waals surface area contributed by atoms with Crippen molar-refractivity contribution in [2.45, 2.75) is 26.3 Å². The van der Waals surface area contributed by atoms with Gasteiger partial charge in [-0.1, -0.05) is 29.3 Å². The lowest BCUT2D eigenvalue weighted by atomic mass is 9.94. The first-order valence-corrected chi connectivity index (χ1v) is 11.0. The summed E-state index contributed by atoms with van der Waals surface area (Å²) >= 11 is 14.1. The van der Waals surface area contributed by atoms with Crippen molar-refractivity contribution < 1.29 is 14.7 Å². The molecule has 0 bridgehead atoms. The molecular formula is C21H23Cl2N3O3S. The molecule has 0 saturated heterocycles. The first-order chi connectivity index (χ1) is 14.1. The van der Waals surface area contributed by atoms with E-state index in [-0.39, 0.29) is 5.57 Å². The topological polar surface area (TPSA) is 73.7 Å². The second kappa shape index (κ2) is 9.06. The van der Waals surface area contributed by atoms with Crippen molar-refractivity contribution in [3.63, 3.8) is 0 Å². The molecule has 1 N–H and O–H groups in total. The van der Waals surface area contributed by atoms with Gasteiger partial charge in [0, 0.05) is 22.2 Å². The molecule has 1 atom stereocenters. The molecule has 0 spiro atoms. The number of amides is 1. The normalized spacial score (nSPS) is 16.8. The number of halogens is 2. The van der Waals surface area contributed by atoms with Crippen molar-refractivity contribution >= 4 is 46.2 Å². The molecule has 9 heteroatoms. The molecule has 1 unspecified atom stereocenters. The van der Waals surface area contributed by atoms with Crippen LogP contribution in [0.4, 0.5) is 0 Å². The van der Waals surface area contributed by atoms with E-state index in [2.05, 4.69) is 4.98 Å². The van der Waals surface area contributed by atoms with Gasteiger partial charge in [-0.2, -0.15) is 0 Å². The molecule has 0 saturated carbocycles. The first kappa shape index (κ1) is 22.7. The van der Waals surface area contributed by atoms with Crippen molar-refractivity contribution in [2.24, 2.45) is 0 Å². The molecule has 160 valence electrons. The third-order valence-corrected chi connectivity index (χ3v) is 6.67. The smallest absolute Gasteiger partial charge is 0.290 e. The zero-order chi connectivity index (χ0) is 22.2. The summed E-state index contributed by atoms with van der Waals surface area (Å²) in [6.45, 7) is 4.62. The lowest BCUT2D eigenvalue weighted by Gasteiger charge is -2.28. The highest BCUT2D eigenvalue weighted by Crippen LogP contribution is 2.44. The number of aromatic nitrogens is 1. The van der Waals surface area contributed by atoms with Crippen LogP contribution in [-0.2, 0) is 4.79 Å². The molecule has 0 aliphatic carbocycles. The van der Waals surface area contributed by atoms with E-state index in [0.717, 1.165) is 11.6 Å². The van der Waals surface area contributed by atoms with Crippen LogP contribution in [0.5, 0.6) is 0 Å². The van der Waals surface area contributed by atoms with Crippen LogP contribution in [0.3, 0.4) is 0 Å². The van der Waals surface area contributed by atoms with E-state index in [0.29, 0.717) is 39.1 Å². The summed E-state index contributed by atoms with van der Waals surface area (Å²) in [5.74, 6) is -1.59. The van der Waals surface area contributed by atoms with E-state index >= 15 is 0 Å². The van der Waals surface area contributed by atoms with Crippen molar-refractivity contribution in [3.8, 4) is 0 Å². The van der Waals surface area contributed by atoms with Gasteiger partial charge in [0.25, 0.3) is 5.91 Å². The summed E-state index contributed by atoms with van der Waals surface area (Å²) in [4.78, 5) is 34.6. The Hall–Kier alpha value is -1.93. The molecule has 1 amide bonds. The SMILES string of the molecule is Cc1nc(C)c(C(=O)C2=C(O)C(=O)N(CCCN(C)C)C2c2c(Cl)cccc2Cl)s1. The molecule has 30 heavy (non-hydrogen) atoms. The van der Waals surface area contributed by atoms with E-state index in [1.54, 1.807) is 32.0 Å². The number of aliphatic hydroxyl groups is 1. The Balaban J connectivity index is 2.11. The Bertz CT molecular complexity index is 1010. The van der Waals surface area contributed by atoms with Gasteiger partial charge < -0.3 is 14.9 Å². The molecule has 1 aliphatic heterocycles. The fourth-order valence-electron chi connectivity index (χ4n) is 3.61. The van der Waals surface area contributed by atoms with Gasteiger partial charge in [0.05, 0.1) is 27.2 Å². The average Bonchev–Trinajstić information content (AvgIpc) is 3.12. The summed E-state index contributed by atoms with van der Waals surface area (Å²) in [6, 6.07) is 4.15. The Kier molecular flexibility index (Phi) is 6.87. The maximum absolute atomic E-state index is 13.5. The Morgan fingerprint density at radius 1 is 1.27 bits per heavy atom. The molecule has 3 rings (SSSR count). The molecule has 6 nitrogen and oxygen atoms in total. The van der Waals surface area contributed by atoms with Crippen molar-refractivity contribution in [3.05, 3.63) is 60.7 Å². The van der Waals surface area contributed by atoms with Crippen LogP contribution in [0.2, 0.25) is 10.0 Å². The maximum Gasteiger partial charge on any atom is 0.290 e. The van der Waals surface area contributed by atoms with Crippen molar-refractivity contribution in [2.75, 3.05) is 27.2 Å². The number of Topliss-reactive ketones (excluding diaryl/α,β-unsaturated/α-hetero) is 1. The van der Waals surface area contributed by atoms with Crippen LogP contribution >= 0.6 is 34.5 Å². The summed E-state index contributed by atoms with van der Waals surface area (Å²) in [7, 11) is 3.88. The van der Waals surface area contributed by atoms with E-state index in [1.165, 1.54) is 16.2 Å². The van der Waals surface area contributed by atoms with Crippen LogP contribution in [-0.4, -0.2) is 58.8 Å². The largest absolute Gasteiger partial charge is 0.503 e. The van der Waals surface area contributed by atoms with Gasteiger partial charge in [-0.15, -0.1) is 11.3 Å². The molecule has 1 aromatic carbocycles. The molecule has 2 aromatic rings. The van der Waals surface area contributed by atoms with Gasteiger partial charge in [-0.05, 0) is 53.0 Å². The van der Waals surface area contributed by atoms with Crippen LogP contribution in [0.1, 0.15) is 38.4 Å². The van der Waals surface area contributed by atoms with Crippen LogP contribution in [0.25, 0.3) is 0 Å². The zero-order valence-corrected chi connectivity index (χ0v) is 19.5. The highest BCUT2D eigenvalue weighted by Gasteiger charge is 2.45. The third-order valence-electron chi connectivity index (χ3n) is 4.94. The number of carbonyl (C=O) groups excluding carboxylic acids is 2. The summed E-state index contributed by atoms with van der Waals surface area (Å²) < 4.78 is 0. The van der Waals surface area contributed by atoms with Gasteiger partial charge in [0.2, 0.25) is 5.78 Å². The second-order valence-corrected chi connectivity index (χ2v) is 9.45. The molecular weight excluding hydrogens is 445 g/mol. The number of benzene rings is 1. The van der Waals surface area contributed by atoms with Gasteiger partial charge in [0.1, 0.15) is 0 Å². The fraction of sp³-hybridized carbons (Fsp3) is 0.381. The molecule has 2 heterocycles. The number of rotatable bonds is 7. The van der Waals surface area contributed by atoms with Gasteiger partial charge >= 0.3 is 0 Å².